The maximum absolute atomic E-state index is 12.1. The molecule has 0 unspecified atom stereocenters. The van der Waals surface area contributed by atoms with Crippen molar-refractivity contribution < 1.29 is 9.53 Å². The molecule has 0 bridgehead atoms. The molecule has 0 radical (unpaired) electrons. The maximum Gasteiger partial charge on any atom is 0.226 e. The van der Waals surface area contributed by atoms with Crippen LogP contribution in [0.15, 0.2) is 41.2 Å². The first-order valence-electron chi connectivity index (χ1n) is 7.58. The number of carbonyl (C=O) groups excluding carboxylic acids is 1. The van der Waals surface area contributed by atoms with Crippen molar-refractivity contribution in [3.8, 4) is 15.8 Å². The predicted octanol–water partition coefficient (Wildman–Crippen LogP) is 3.52. The quantitative estimate of drug-likeness (QED) is 0.701. The zero-order chi connectivity index (χ0) is 16.8. The number of rotatable bonds is 7. The van der Waals surface area contributed by atoms with Crippen LogP contribution in [-0.2, 0) is 17.8 Å². The molecule has 0 spiro atoms. The van der Waals surface area contributed by atoms with Gasteiger partial charge in [0, 0.05) is 23.7 Å². The third-order valence-corrected chi connectivity index (χ3v) is 5.16. The molecule has 0 aliphatic rings. The smallest absolute Gasteiger partial charge is 0.226 e. The van der Waals surface area contributed by atoms with E-state index in [1.54, 1.807) is 28.9 Å². The zero-order valence-corrected chi connectivity index (χ0v) is 14.8. The molecule has 124 valence electrons. The van der Waals surface area contributed by atoms with E-state index in [9.17, 15) is 4.79 Å². The van der Waals surface area contributed by atoms with E-state index in [1.165, 1.54) is 0 Å². The standard InChI is InChI=1S/C17H17N3O2S2/c1-2-22-16-12(5-3-7-18-16)10-19-15(21)9-13-11-24-17(20-13)14-6-4-8-23-14/h3-8,11H,2,9-10H2,1H3,(H,19,21). The van der Waals surface area contributed by atoms with E-state index in [1.807, 2.05) is 41.9 Å². The van der Waals surface area contributed by atoms with Crippen LogP contribution >= 0.6 is 22.7 Å². The molecule has 3 rings (SSSR count). The summed E-state index contributed by atoms with van der Waals surface area (Å²) in [4.78, 5) is 22.0. The second-order valence-corrected chi connectivity index (χ2v) is 6.78. The molecule has 0 atom stereocenters. The van der Waals surface area contributed by atoms with E-state index >= 15 is 0 Å². The Hall–Kier alpha value is -2.25. The minimum absolute atomic E-state index is 0.0654. The first kappa shape index (κ1) is 16.6. The summed E-state index contributed by atoms with van der Waals surface area (Å²) >= 11 is 3.21. The molecule has 24 heavy (non-hydrogen) atoms. The number of pyridine rings is 1. The van der Waals surface area contributed by atoms with Crippen LogP contribution < -0.4 is 10.1 Å². The van der Waals surface area contributed by atoms with Crippen molar-refractivity contribution in [1.29, 1.82) is 0 Å². The topological polar surface area (TPSA) is 64.1 Å². The van der Waals surface area contributed by atoms with Gasteiger partial charge in [0.15, 0.2) is 0 Å². The first-order valence-corrected chi connectivity index (χ1v) is 9.34. The Morgan fingerprint density at radius 1 is 1.29 bits per heavy atom. The number of thiophene rings is 1. The Morgan fingerprint density at radius 3 is 3.00 bits per heavy atom. The van der Waals surface area contributed by atoms with Crippen molar-refractivity contribution >= 4 is 28.6 Å². The van der Waals surface area contributed by atoms with E-state index in [4.69, 9.17) is 4.74 Å². The van der Waals surface area contributed by atoms with Gasteiger partial charge in [-0.05, 0) is 24.4 Å². The van der Waals surface area contributed by atoms with Gasteiger partial charge in [0.2, 0.25) is 11.8 Å². The number of aromatic nitrogens is 2. The number of nitrogens with zero attached hydrogens (tertiary/aromatic N) is 2. The van der Waals surface area contributed by atoms with E-state index < -0.39 is 0 Å². The van der Waals surface area contributed by atoms with Gasteiger partial charge >= 0.3 is 0 Å². The summed E-state index contributed by atoms with van der Waals surface area (Å²) in [6.07, 6.45) is 1.95. The molecular formula is C17H17N3O2S2. The van der Waals surface area contributed by atoms with Gasteiger partial charge < -0.3 is 10.1 Å². The summed E-state index contributed by atoms with van der Waals surface area (Å²) in [5, 5.41) is 7.81. The van der Waals surface area contributed by atoms with Crippen LogP contribution in [0.25, 0.3) is 9.88 Å². The summed E-state index contributed by atoms with van der Waals surface area (Å²) < 4.78 is 5.46. The minimum atomic E-state index is -0.0654. The SMILES string of the molecule is CCOc1ncccc1CNC(=O)Cc1csc(-c2cccs2)n1. The van der Waals surface area contributed by atoms with Crippen molar-refractivity contribution in [2.45, 2.75) is 19.9 Å². The van der Waals surface area contributed by atoms with Crippen molar-refractivity contribution in [1.82, 2.24) is 15.3 Å². The summed E-state index contributed by atoms with van der Waals surface area (Å²) in [7, 11) is 0. The van der Waals surface area contributed by atoms with Crippen LogP contribution in [0.2, 0.25) is 0 Å². The monoisotopic (exact) mass is 359 g/mol. The average Bonchev–Trinajstić information content (AvgIpc) is 3.25. The fourth-order valence-electron chi connectivity index (χ4n) is 2.15. The molecule has 3 aromatic heterocycles. The van der Waals surface area contributed by atoms with E-state index in [0.29, 0.717) is 19.0 Å². The lowest BCUT2D eigenvalue weighted by Gasteiger charge is -2.09. The molecule has 0 saturated heterocycles. The number of amides is 1. The molecule has 5 nitrogen and oxygen atoms in total. The molecular weight excluding hydrogens is 342 g/mol. The number of nitrogens with one attached hydrogen (secondary N) is 1. The maximum atomic E-state index is 12.1. The highest BCUT2D eigenvalue weighted by Gasteiger charge is 2.11. The van der Waals surface area contributed by atoms with Gasteiger partial charge in [0.1, 0.15) is 5.01 Å². The molecule has 0 aromatic carbocycles. The molecule has 0 aliphatic heterocycles. The number of ether oxygens (including phenoxy) is 1. The third-order valence-electron chi connectivity index (χ3n) is 3.23. The van der Waals surface area contributed by atoms with Crippen LogP contribution in [0.3, 0.4) is 0 Å². The van der Waals surface area contributed by atoms with Crippen LogP contribution in [-0.4, -0.2) is 22.5 Å². The zero-order valence-electron chi connectivity index (χ0n) is 13.2. The second kappa shape index (κ2) is 8.03. The Morgan fingerprint density at radius 2 is 2.21 bits per heavy atom. The Bertz CT molecular complexity index is 800. The second-order valence-electron chi connectivity index (χ2n) is 4.98. The number of thiazole rings is 1. The van der Waals surface area contributed by atoms with Crippen molar-refractivity contribution in [2.75, 3.05) is 6.61 Å². The Kier molecular flexibility index (Phi) is 5.55. The lowest BCUT2D eigenvalue weighted by Crippen LogP contribution is -2.25. The Balaban J connectivity index is 1.57. The highest BCUT2D eigenvalue weighted by molar-refractivity contribution is 7.20. The van der Waals surface area contributed by atoms with Gasteiger partial charge in [-0.25, -0.2) is 9.97 Å². The van der Waals surface area contributed by atoms with E-state index in [0.717, 1.165) is 21.1 Å². The fraction of sp³-hybridized carbons (Fsp3) is 0.235. The fourth-order valence-corrected chi connectivity index (χ4v) is 3.78. The van der Waals surface area contributed by atoms with Crippen molar-refractivity contribution in [3.63, 3.8) is 0 Å². The molecule has 1 amide bonds. The lowest BCUT2D eigenvalue weighted by atomic mass is 10.2. The van der Waals surface area contributed by atoms with Gasteiger partial charge in [-0.2, -0.15) is 0 Å². The van der Waals surface area contributed by atoms with Gasteiger partial charge in [-0.3, -0.25) is 4.79 Å². The molecule has 3 heterocycles. The number of hydrogen-bond acceptors (Lipinski definition) is 6. The van der Waals surface area contributed by atoms with E-state index in [-0.39, 0.29) is 12.3 Å². The number of carbonyl (C=O) groups is 1. The minimum Gasteiger partial charge on any atom is -0.478 e. The molecule has 1 N–H and O–H groups in total. The van der Waals surface area contributed by atoms with Crippen molar-refractivity contribution in [3.05, 3.63) is 52.5 Å². The third kappa shape index (κ3) is 4.18. The molecule has 3 aromatic rings. The lowest BCUT2D eigenvalue weighted by molar-refractivity contribution is -0.120. The van der Waals surface area contributed by atoms with Gasteiger partial charge in [0.05, 0.1) is 23.6 Å². The van der Waals surface area contributed by atoms with Crippen LogP contribution in [0.5, 0.6) is 5.88 Å². The van der Waals surface area contributed by atoms with Gasteiger partial charge in [-0.15, -0.1) is 22.7 Å². The van der Waals surface area contributed by atoms with Gasteiger partial charge in [0.25, 0.3) is 0 Å². The van der Waals surface area contributed by atoms with Crippen LogP contribution in [0, 0.1) is 0 Å². The highest BCUT2D eigenvalue weighted by atomic mass is 32.1. The van der Waals surface area contributed by atoms with Gasteiger partial charge in [-0.1, -0.05) is 12.1 Å². The molecule has 7 heteroatoms. The largest absolute Gasteiger partial charge is 0.478 e. The first-order chi connectivity index (χ1) is 11.8. The Labute approximate surface area is 148 Å². The summed E-state index contributed by atoms with van der Waals surface area (Å²) in [5.74, 6) is 0.498. The van der Waals surface area contributed by atoms with E-state index in [2.05, 4.69) is 15.3 Å². The number of hydrogen-bond donors (Lipinski definition) is 1. The molecule has 0 aliphatic carbocycles. The summed E-state index contributed by atoms with van der Waals surface area (Å²) in [5.41, 5.74) is 1.65. The molecule has 0 saturated carbocycles. The summed E-state index contributed by atoms with van der Waals surface area (Å²) in [6.45, 7) is 2.84. The van der Waals surface area contributed by atoms with Crippen molar-refractivity contribution in [2.24, 2.45) is 0 Å². The summed E-state index contributed by atoms with van der Waals surface area (Å²) in [6, 6.07) is 7.76. The predicted molar refractivity (Wildman–Crippen MR) is 96.4 cm³/mol. The highest BCUT2D eigenvalue weighted by Crippen LogP contribution is 2.27. The molecule has 0 fully saturated rings. The van der Waals surface area contributed by atoms with Crippen LogP contribution in [0.4, 0.5) is 0 Å². The average molecular weight is 359 g/mol. The van der Waals surface area contributed by atoms with Crippen LogP contribution in [0.1, 0.15) is 18.2 Å². The normalized spacial score (nSPS) is 10.5.